The fraction of sp³-hybridized carbons (Fsp3) is 0.154. The monoisotopic (exact) mass is 798 g/mol. The fourth-order valence-electron chi connectivity index (χ4n) is 7.71. The normalized spacial score (nSPS) is 11.3. The van der Waals surface area contributed by atoms with E-state index in [2.05, 4.69) is 170 Å². The molecular weight excluding hydrogens is 751 g/mol. The van der Waals surface area contributed by atoms with Crippen molar-refractivity contribution < 1.29 is 18.9 Å². The molecule has 0 aliphatic heterocycles. The zero-order chi connectivity index (χ0) is 39.8. The Morgan fingerprint density at radius 2 is 0.586 bits per heavy atom. The average molecular weight is 799 g/mol. The van der Waals surface area contributed by atoms with Crippen molar-refractivity contribution in [2.45, 2.75) is 27.7 Å². The lowest BCUT2D eigenvalue weighted by molar-refractivity contribution is 0.340. The first-order chi connectivity index (χ1) is 28.6. The maximum atomic E-state index is 5.94. The molecule has 6 heteroatoms. The van der Waals surface area contributed by atoms with Gasteiger partial charge in [-0.2, -0.15) is 0 Å². The molecule has 290 valence electrons. The molecule has 0 bridgehead atoms. The van der Waals surface area contributed by atoms with Gasteiger partial charge in [0, 0.05) is 0 Å². The number of rotatable bonds is 15. The van der Waals surface area contributed by atoms with E-state index in [4.69, 9.17) is 18.9 Å². The van der Waals surface area contributed by atoms with E-state index in [-0.39, 0.29) is 0 Å². The summed E-state index contributed by atoms with van der Waals surface area (Å²) in [4.78, 5) is 0. The van der Waals surface area contributed by atoms with Crippen LogP contribution in [0.25, 0.3) is 32.7 Å². The van der Waals surface area contributed by atoms with Crippen LogP contribution < -0.4 is 50.8 Å². The summed E-state index contributed by atoms with van der Waals surface area (Å²) in [5.74, 6) is 3.50. The summed E-state index contributed by atoms with van der Waals surface area (Å²) in [5.41, 5.74) is 2.53. The van der Waals surface area contributed by atoms with Crippen LogP contribution in [0.3, 0.4) is 0 Å². The SMILES string of the molecule is CCOc1ccc(P(c2ccc(OCC)cc2)c2ccc3ccccc3c2-c2c(P(c3ccc(OCC)cc3)c3ccc(OCC)cc3)ccc3ccccc23)cc1. The molecule has 0 saturated heterocycles. The quantitative estimate of drug-likeness (QED) is 0.0968. The van der Waals surface area contributed by atoms with Gasteiger partial charge in [0.05, 0.1) is 26.4 Å². The largest absolute Gasteiger partial charge is 0.494 e. The molecule has 58 heavy (non-hydrogen) atoms. The Balaban J connectivity index is 1.45. The van der Waals surface area contributed by atoms with Gasteiger partial charge in [0.15, 0.2) is 0 Å². The molecule has 0 radical (unpaired) electrons. The van der Waals surface area contributed by atoms with Crippen molar-refractivity contribution in [1.82, 2.24) is 0 Å². The number of ether oxygens (including phenoxy) is 4. The highest BCUT2D eigenvalue weighted by atomic mass is 31.1. The molecule has 8 rings (SSSR count). The average Bonchev–Trinajstić information content (AvgIpc) is 3.26. The zero-order valence-corrected chi connectivity index (χ0v) is 35.3. The summed E-state index contributed by atoms with van der Waals surface area (Å²) in [7, 11) is -2.11. The molecule has 0 N–H and O–H groups in total. The van der Waals surface area contributed by atoms with Crippen molar-refractivity contribution in [3.05, 3.63) is 170 Å². The van der Waals surface area contributed by atoms with Crippen molar-refractivity contribution in [1.29, 1.82) is 0 Å². The second-order valence-corrected chi connectivity index (χ2v) is 18.1. The van der Waals surface area contributed by atoms with Gasteiger partial charge in [0.25, 0.3) is 0 Å². The second-order valence-electron chi connectivity index (χ2n) is 13.7. The third-order valence-corrected chi connectivity index (χ3v) is 15.1. The van der Waals surface area contributed by atoms with Crippen molar-refractivity contribution in [2.75, 3.05) is 26.4 Å². The predicted octanol–water partition coefficient (Wildman–Crippen LogP) is 10.8. The van der Waals surface area contributed by atoms with Gasteiger partial charge in [-0.15, -0.1) is 0 Å². The summed E-state index contributed by atoms with van der Waals surface area (Å²) < 4.78 is 23.8. The fourth-order valence-corrected chi connectivity index (χ4v) is 12.6. The third-order valence-electron chi connectivity index (χ3n) is 10.2. The molecule has 0 aliphatic rings. The molecule has 0 aromatic heterocycles. The van der Waals surface area contributed by atoms with Crippen LogP contribution in [-0.2, 0) is 0 Å². The van der Waals surface area contributed by atoms with Crippen molar-refractivity contribution in [2.24, 2.45) is 0 Å². The van der Waals surface area contributed by atoms with Crippen LogP contribution in [0, 0.1) is 0 Å². The number of fused-ring (bicyclic) bond motifs is 2. The number of hydrogen-bond acceptors (Lipinski definition) is 4. The topological polar surface area (TPSA) is 36.9 Å². The Morgan fingerprint density at radius 1 is 0.310 bits per heavy atom. The highest BCUT2D eigenvalue weighted by Gasteiger charge is 2.28. The highest BCUT2D eigenvalue weighted by Crippen LogP contribution is 2.46. The standard InChI is InChI=1S/C52H48O4P2/c1-5-53-39-19-27-43(28-20-39)57(44-29-21-40(22-30-44)54-6-2)49-35-17-37-13-9-11-15-47(37)51(49)52-48-16-12-10-14-38(48)18-36-50(52)58(45-31-23-41(24-32-45)55-7-3)46-33-25-42(26-34-46)56-8-4/h9-36H,5-8H2,1-4H3. The highest BCUT2D eigenvalue weighted by molar-refractivity contribution is 7.80. The van der Waals surface area contributed by atoms with Gasteiger partial charge in [-0.3, -0.25) is 0 Å². The second kappa shape index (κ2) is 18.3. The zero-order valence-electron chi connectivity index (χ0n) is 33.5. The predicted molar refractivity (Wildman–Crippen MR) is 249 cm³/mol. The molecule has 0 unspecified atom stereocenters. The maximum Gasteiger partial charge on any atom is 0.119 e. The van der Waals surface area contributed by atoms with Gasteiger partial charge in [-0.1, -0.05) is 121 Å². The summed E-state index contributed by atoms with van der Waals surface area (Å²) in [6.07, 6.45) is 0. The van der Waals surface area contributed by atoms with Crippen LogP contribution >= 0.6 is 15.8 Å². The molecular formula is C52H48O4P2. The molecule has 0 fully saturated rings. The Bertz CT molecular complexity index is 2320. The summed E-state index contributed by atoms with van der Waals surface area (Å²) in [6, 6.07) is 62.1. The number of benzene rings is 8. The van der Waals surface area contributed by atoms with Gasteiger partial charge in [0.2, 0.25) is 0 Å². The molecule has 0 saturated carbocycles. The van der Waals surface area contributed by atoms with E-state index in [1.807, 2.05) is 27.7 Å². The van der Waals surface area contributed by atoms with E-state index in [0.29, 0.717) is 26.4 Å². The van der Waals surface area contributed by atoms with Crippen LogP contribution in [0.5, 0.6) is 23.0 Å². The summed E-state index contributed by atoms with van der Waals surface area (Å²) in [6.45, 7) is 10.6. The minimum Gasteiger partial charge on any atom is -0.494 e. The van der Waals surface area contributed by atoms with Gasteiger partial charge >= 0.3 is 0 Å². The lowest BCUT2D eigenvalue weighted by atomic mass is 9.93. The van der Waals surface area contributed by atoms with Gasteiger partial charge in [0.1, 0.15) is 23.0 Å². The van der Waals surface area contributed by atoms with E-state index < -0.39 is 15.8 Å². The molecule has 0 aliphatic carbocycles. The summed E-state index contributed by atoms with van der Waals surface area (Å²) in [5, 5.41) is 12.5. The molecule has 8 aromatic carbocycles. The van der Waals surface area contributed by atoms with E-state index in [0.717, 1.165) is 23.0 Å². The molecule has 0 spiro atoms. The first-order valence-corrected chi connectivity index (χ1v) is 22.8. The van der Waals surface area contributed by atoms with Crippen LogP contribution in [0.15, 0.2) is 170 Å². The van der Waals surface area contributed by atoms with Crippen molar-refractivity contribution >= 4 is 69.2 Å². The lowest BCUT2D eigenvalue weighted by Gasteiger charge is -2.28. The Kier molecular flexibility index (Phi) is 12.4. The van der Waals surface area contributed by atoms with Crippen LogP contribution in [0.1, 0.15) is 27.7 Å². The van der Waals surface area contributed by atoms with Gasteiger partial charge in [-0.25, -0.2) is 0 Å². The van der Waals surface area contributed by atoms with Crippen LogP contribution in [-0.4, -0.2) is 26.4 Å². The van der Waals surface area contributed by atoms with E-state index in [1.165, 1.54) is 64.5 Å². The molecule has 0 atom stereocenters. The van der Waals surface area contributed by atoms with E-state index in [1.54, 1.807) is 0 Å². The minimum absolute atomic E-state index is 0.622. The smallest absolute Gasteiger partial charge is 0.119 e. The van der Waals surface area contributed by atoms with Gasteiger partial charge in [-0.05, 0) is 157 Å². The minimum atomic E-state index is -1.06. The van der Waals surface area contributed by atoms with E-state index >= 15 is 0 Å². The van der Waals surface area contributed by atoms with Gasteiger partial charge < -0.3 is 18.9 Å². The van der Waals surface area contributed by atoms with Crippen molar-refractivity contribution in [3.63, 3.8) is 0 Å². The van der Waals surface area contributed by atoms with Crippen LogP contribution in [0.4, 0.5) is 0 Å². The maximum absolute atomic E-state index is 5.94. The summed E-state index contributed by atoms with van der Waals surface area (Å²) >= 11 is 0. The molecule has 0 amide bonds. The van der Waals surface area contributed by atoms with Crippen molar-refractivity contribution in [3.8, 4) is 34.1 Å². The Hall–Kier alpha value is -5.66. The first kappa shape index (κ1) is 39.2. The first-order valence-electron chi connectivity index (χ1n) is 20.2. The Labute approximate surface area is 344 Å². The Morgan fingerprint density at radius 3 is 0.862 bits per heavy atom. The molecule has 4 nitrogen and oxygen atoms in total. The molecule has 0 heterocycles. The third kappa shape index (κ3) is 8.19. The van der Waals surface area contributed by atoms with E-state index in [9.17, 15) is 0 Å². The molecule has 8 aromatic rings. The van der Waals surface area contributed by atoms with Crippen LogP contribution in [0.2, 0.25) is 0 Å². The number of hydrogen-bond donors (Lipinski definition) is 0. The lowest BCUT2D eigenvalue weighted by Crippen LogP contribution is -2.26.